The third kappa shape index (κ3) is 4.11. The summed E-state index contributed by atoms with van der Waals surface area (Å²) in [6, 6.07) is 19.5. The topological polar surface area (TPSA) is 54.3 Å². The van der Waals surface area contributed by atoms with Crippen LogP contribution in [0.3, 0.4) is 0 Å². The van der Waals surface area contributed by atoms with E-state index in [1.165, 1.54) is 0 Å². The number of hydrogen-bond acceptors (Lipinski definition) is 2. The summed E-state index contributed by atoms with van der Waals surface area (Å²) in [4.78, 5) is 26.7. The first-order chi connectivity index (χ1) is 15.9. The molecule has 0 saturated carbocycles. The number of carbonyl (C=O) groups is 2. The fourth-order valence-corrected chi connectivity index (χ4v) is 4.40. The molecule has 3 amide bonds. The van der Waals surface area contributed by atoms with Crippen molar-refractivity contribution in [3.63, 3.8) is 0 Å². The maximum Gasteiger partial charge on any atom is 0.333 e. The lowest BCUT2D eigenvalue weighted by molar-refractivity contribution is -0.113. The van der Waals surface area contributed by atoms with Gasteiger partial charge in [-0.1, -0.05) is 65.1 Å². The molecule has 1 aromatic heterocycles. The molecule has 164 valence electrons. The largest absolute Gasteiger partial charge is 0.342 e. The van der Waals surface area contributed by atoms with Gasteiger partial charge in [0.05, 0.1) is 15.7 Å². The Labute approximate surface area is 204 Å². The Balaban J connectivity index is 1.52. The highest BCUT2D eigenvalue weighted by molar-refractivity contribution is 6.42. The van der Waals surface area contributed by atoms with Gasteiger partial charge in [-0.3, -0.25) is 4.79 Å². The highest BCUT2D eigenvalue weighted by Crippen LogP contribution is 2.29. The van der Waals surface area contributed by atoms with Crippen molar-refractivity contribution in [2.24, 2.45) is 0 Å². The number of benzene rings is 3. The summed E-state index contributed by atoms with van der Waals surface area (Å²) in [5.74, 6) is -0.441. The molecule has 5 nitrogen and oxygen atoms in total. The number of urea groups is 1. The van der Waals surface area contributed by atoms with Crippen molar-refractivity contribution < 1.29 is 9.59 Å². The van der Waals surface area contributed by atoms with Crippen LogP contribution in [0.25, 0.3) is 17.0 Å². The normalized spacial score (nSPS) is 15.0. The van der Waals surface area contributed by atoms with Crippen LogP contribution in [0.5, 0.6) is 0 Å². The molecule has 0 spiro atoms. The van der Waals surface area contributed by atoms with E-state index in [-0.39, 0.29) is 5.70 Å². The standard InChI is InChI=1S/C25H16Cl3N3O2/c26-17-4-3-5-18(12-17)31-24(32)22(29-25(31)33)11-16-14-30(23-7-2-1-6-19(16)23)13-15-8-9-20(27)21(28)10-15/h1-12,14H,13H2,(H,29,33)/b22-11+. The van der Waals surface area contributed by atoms with E-state index in [2.05, 4.69) is 9.88 Å². The second-order valence-electron chi connectivity index (χ2n) is 7.59. The first-order valence-corrected chi connectivity index (χ1v) is 11.2. The van der Waals surface area contributed by atoms with Crippen LogP contribution in [0.2, 0.25) is 15.1 Å². The fraction of sp³-hybridized carbons (Fsp3) is 0.0400. The third-order valence-corrected chi connectivity index (χ3v) is 6.37. The molecule has 1 N–H and O–H groups in total. The number of imide groups is 1. The number of carbonyl (C=O) groups excluding carboxylic acids is 2. The molecule has 1 fully saturated rings. The van der Waals surface area contributed by atoms with Gasteiger partial charge in [0.15, 0.2) is 0 Å². The van der Waals surface area contributed by atoms with E-state index < -0.39 is 11.9 Å². The van der Waals surface area contributed by atoms with Crippen molar-refractivity contribution in [2.45, 2.75) is 6.54 Å². The second kappa shape index (κ2) is 8.60. The number of hydrogen-bond donors (Lipinski definition) is 1. The van der Waals surface area contributed by atoms with E-state index in [9.17, 15) is 9.59 Å². The van der Waals surface area contributed by atoms with Crippen LogP contribution in [0.4, 0.5) is 10.5 Å². The summed E-state index contributed by atoms with van der Waals surface area (Å²) in [5.41, 5.74) is 3.38. The molecule has 1 saturated heterocycles. The molecule has 0 aliphatic carbocycles. The summed E-state index contributed by atoms with van der Waals surface area (Å²) >= 11 is 18.3. The number of nitrogens with one attached hydrogen (secondary N) is 1. The number of anilines is 1. The maximum absolute atomic E-state index is 13.0. The highest BCUT2D eigenvalue weighted by Gasteiger charge is 2.35. The number of rotatable bonds is 4. The van der Waals surface area contributed by atoms with Crippen molar-refractivity contribution in [3.05, 3.63) is 105 Å². The molecule has 0 radical (unpaired) electrons. The van der Waals surface area contributed by atoms with E-state index in [0.29, 0.717) is 27.3 Å². The molecule has 0 unspecified atom stereocenters. The zero-order chi connectivity index (χ0) is 23.1. The monoisotopic (exact) mass is 495 g/mol. The Morgan fingerprint density at radius 2 is 1.70 bits per heavy atom. The van der Waals surface area contributed by atoms with Gasteiger partial charge in [-0.15, -0.1) is 0 Å². The zero-order valence-corrected chi connectivity index (χ0v) is 19.3. The van der Waals surface area contributed by atoms with Crippen LogP contribution in [-0.4, -0.2) is 16.5 Å². The van der Waals surface area contributed by atoms with Crippen LogP contribution in [0.15, 0.2) is 78.6 Å². The Bertz CT molecular complexity index is 1460. The molecular formula is C25H16Cl3N3O2. The molecule has 33 heavy (non-hydrogen) atoms. The molecule has 3 aromatic carbocycles. The molecule has 0 bridgehead atoms. The molecule has 0 atom stereocenters. The van der Waals surface area contributed by atoms with Crippen LogP contribution < -0.4 is 10.2 Å². The van der Waals surface area contributed by atoms with Gasteiger partial charge in [0.25, 0.3) is 5.91 Å². The minimum Gasteiger partial charge on any atom is -0.342 e. The molecule has 8 heteroatoms. The van der Waals surface area contributed by atoms with E-state index in [1.807, 2.05) is 42.6 Å². The Kier molecular flexibility index (Phi) is 5.62. The van der Waals surface area contributed by atoms with Crippen molar-refractivity contribution in [1.29, 1.82) is 0 Å². The summed E-state index contributed by atoms with van der Waals surface area (Å²) in [6.07, 6.45) is 3.64. The number of fused-ring (bicyclic) bond motifs is 1. The molecule has 1 aliphatic heterocycles. The number of para-hydroxylation sites is 1. The van der Waals surface area contributed by atoms with Crippen LogP contribution in [-0.2, 0) is 11.3 Å². The SMILES string of the molecule is O=C1N/C(=C/c2cn(Cc3ccc(Cl)c(Cl)c3)c3ccccc23)C(=O)N1c1cccc(Cl)c1. The van der Waals surface area contributed by atoms with Crippen molar-refractivity contribution >= 4 is 69.4 Å². The quantitative estimate of drug-likeness (QED) is 0.251. The maximum atomic E-state index is 13.0. The van der Waals surface area contributed by atoms with Crippen LogP contribution in [0, 0.1) is 0 Å². The highest BCUT2D eigenvalue weighted by atomic mass is 35.5. The number of halogens is 3. The second-order valence-corrected chi connectivity index (χ2v) is 8.84. The lowest BCUT2D eigenvalue weighted by atomic mass is 10.1. The van der Waals surface area contributed by atoms with E-state index in [1.54, 1.807) is 36.4 Å². The summed E-state index contributed by atoms with van der Waals surface area (Å²) in [6.45, 7) is 0.565. The van der Waals surface area contributed by atoms with Gasteiger partial charge in [-0.2, -0.15) is 0 Å². The number of amides is 3. The van der Waals surface area contributed by atoms with E-state index in [0.717, 1.165) is 26.9 Å². The molecule has 2 heterocycles. The van der Waals surface area contributed by atoms with E-state index in [4.69, 9.17) is 34.8 Å². The Morgan fingerprint density at radius 3 is 2.48 bits per heavy atom. The average Bonchev–Trinajstić information content (AvgIpc) is 3.27. The summed E-state index contributed by atoms with van der Waals surface area (Å²) in [5, 5.41) is 5.06. The lowest BCUT2D eigenvalue weighted by Gasteiger charge is -2.11. The predicted octanol–water partition coefficient (Wildman–Crippen LogP) is 6.75. The first kappa shape index (κ1) is 21.6. The molecule has 4 aromatic rings. The van der Waals surface area contributed by atoms with Gasteiger partial charge in [0.1, 0.15) is 5.70 Å². The summed E-state index contributed by atoms with van der Waals surface area (Å²) < 4.78 is 2.07. The van der Waals surface area contributed by atoms with Gasteiger partial charge in [0.2, 0.25) is 0 Å². The van der Waals surface area contributed by atoms with Crippen LogP contribution in [0.1, 0.15) is 11.1 Å². The Hall–Kier alpha value is -3.25. The van der Waals surface area contributed by atoms with Crippen LogP contribution >= 0.6 is 34.8 Å². The first-order valence-electron chi connectivity index (χ1n) is 10.1. The van der Waals surface area contributed by atoms with Gasteiger partial charge in [-0.05, 0) is 48.0 Å². The third-order valence-electron chi connectivity index (χ3n) is 5.40. The van der Waals surface area contributed by atoms with Gasteiger partial charge >= 0.3 is 6.03 Å². The zero-order valence-electron chi connectivity index (χ0n) is 17.1. The minimum absolute atomic E-state index is 0.192. The van der Waals surface area contributed by atoms with E-state index >= 15 is 0 Å². The van der Waals surface area contributed by atoms with Crippen molar-refractivity contribution in [1.82, 2.24) is 9.88 Å². The number of nitrogens with zero attached hydrogens (tertiary/aromatic N) is 2. The summed E-state index contributed by atoms with van der Waals surface area (Å²) in [7, 11) is 0. The lowest BCUT2D eigenvalue weighted by Crippen LogP contribution is -2.30. The van der Waals surface area contributed by atoms with Crippen molar-refractivity contribution in [3.8, 4) is 0 Å². The fourth-order valence-electron chi connectivity index (χ4n) is 3.90. The predicted molar refractivity (Wildman–Crippen MR) is 133 cm³/mol. The van der Waals surface area contributed by atoms with Gasteiger partial charge in [-0.25, -0.2) is 9.69 Å². The average molecular weight is 497 g/mol. The number of aromatic nitrogens is 1. The Morgan fingerprint density at radius 1 is 0.879 bits per heavy atom. The molecule has 1 aliphatic rings. The molecule has 5 rings (SSSR count). The smallest absolute Gasteiger partial charge is 0.333 e. The van der Waals surface area contributed by atoms with Crippen molar-refractivity contribution in [2.75, 3.05) is 4.90 Å². The van der Waals surface area contributed by atoms with Gasteiger partial charge in [0, 0.05) is 34.2 Å². The molecular weight excluding hydrogens is 481 g/mol. The van der Waals surface area contributed by atoms with Gasteiger partial charge < -0.3 is 9.88 Å². The minimum atomic E-state index is -0.520.